The minimum absolute atomic E-state index is 0.628. The van der Waals surface area contributed by atoms with Crippen molar-refractivity contribution in [2.45, 2.75) is 20.3 Å². The Morgan fingerprint density at radius 2 is 1.95 bits per heavy atom. The zero-order valence-electron chi connectivity index (χ0n) is 11.8. The van der Waals surface area contributed by atoms with Crippen LogP contribution in [0, 0.1) is 11.8 Å². The van der Waals surface area contributed by atoms with Gasteiger partial charge >= 0.3 is 0 Å². The Kier molecular flexibility index (Phi) is 4.97. The van der Waals surface area contributed by atoms with Gasteiger partial charge in [-0.3, -0.25) is 9.69 Å². The van der Waals surface area contributed by atoms with Gasteiger partial charge in [-0.2, -0.15) is 0 Å². The maximum absolute atomic E-state index is 10.9. The van der Waals surface area contributed by atoms with Gasteiger partial charge in [-0.25, -0.2) is 0 Å². The van der Waals surface area contributed by atoms with Crippen molar-refractivity contribution >= 4 is 6.29 Å². The van der Waals surface area contributed by atoms with E-state index in [1.165, 1.54) is 6.42 Å². The van der Waals surface area contributed by atoms with Gasteiger partial charge in [-0.1, -0.05) is 26.0 Å². The summed E-state index contributed by atoms with van der Waals surface area (Å²) >= 11 is 0. The number of para-hydroxylation sites is 1. The molecule has 0 aliphatic carbocycles. The van der Waals surface area contributed by atoms with Crippen LogP contribution in [0.4, 0.5) is 0 Å². The van der Waals surface area contributed by atoms with Gasteiger partial charge < -0.3 is 4.74 Å². The number of carbonyl (C=O) groups excluding carboxylic acids is 1. The van der Waals surface area contributed by atoms with Crippen LogP contribution in [0.3, 0.4) is 0 Å². The molecule has 3 nitrogen and oxygen atoms in total. The second-order valence-electron chi connectivity index (χ2n) is 5.71. The Hall–Kier alpha value is -1.35. The Morgan fingerprint density at radius 3 is 2.63 bits per heavy atom. The second-order valence-corrected chi connectivity index (χ2v) is 5.71. The van der Waals surface area contributed by atoms with E-state index in [1.54, 1.807) is 6.07 Å². The predicted molar refractivity (Wildman–Crippen MR) is 76.7 cm³/mol. The van der Waals surface area contributed by atoms with Crippen molar-refractivity contribution < 1.29 is 9.53 Å². The van der Waals surface area contributed by atoms with Gasteiger partial charge in [-0.15, -0.1) is 0 Å². The number of likely N-dealkylation sites (tertiary alicyclic amines) is 1. The fraction of sp³-hybridized carbons (Fsp3) is 0.562. The van der Waals surface area contributed by atoms with E-state index in [2.05, 4.69) is 18.7 Å². The second kappa shape index (κ2) is 6.71. The molecule has 1 aromatic carbocycles. The fourth-order valence-corrected chi connectivity index (χ4v) is 2.97. The third-order valence-electron chi connectivity index (χ3n) is 3.66. The average Bonchev–Trinajstić information content (AvgIpc) is 2.38. The third kappa shape index (κ3) is 4.06. The molecule has 1 saturated heterocycles. The minimum Gasteiger partial charge on any atom is -0.492 e. The minimum atomic E-state index is 0.628. The van der Waals surface area contributed by atoms with Gasteiger partial charge in [0.25, 0.3) is 0 Å². The van der Waals surface area contributed by atoms with Crippen LogP contribution in [-0.2, 0) is 0 Å². The van der Waals surface area contributed by atoms with Crippen molar-refractivity contribution in [3.05, 3.63) is 29.8 Å². The smallest absolute Gasteiger partial charge is 0.153 e. The van der Waals surface area contributed by atoms with Crippen LogP contribution >= 0.6 is 0 Å². The average molecular weight is 261 g/mol. The summed E-state index contributed by atoms with van der Waals surface area (Å²) in [6, 6.07) is 7.39. The van der Waals surface area contributed by atoms with Crippen LogP contribution in [0.5, 0.6) is 5.75 Å². The van der Waals surface area contributed by atoms with Crippen LogP contribution < -0.4 is 4.74 Å². The molecular weight excluding hydrogens is 238 g/mol. The number of rotatable bonds is 5. The number of hydrogen-bond donors (Lipinski definition) is 0. The molecule has 19 heavy (non-hydrogen) atoms. The van der Waals surface area contributed by atoms with Crippen molar-refractivity contribution in [1.82, 2.24) is 4.90 Å². The largest absolute Gasteiger partial charge is 0.492 e. The number of carbonyl (C=O) groups is 1. The van der Waals surface area contributed by atoms with Gasteiger partial charge in [0.2, 0.25) is 0 Å². The van der Waals surface area contributed by atoms with Gasteiger partial charge in [0.15, 0.2) is 6.29 Å². The Balaban J connectivity index is 1.81. The standard InChI is InChI=1S/C16H23NO2/c1-13-9-14(2)11-17(10-13)7-8-19-16-6-4-3-5-15(16)12-18/h3-6,12-14H,7-11H2,1-2H3/t13-,14-/m0/s1. The van der Waals surface area contributed by atoms with Crippen LogP contribution in [0.25, 0.3) is 0 Å². The monoisotopic (exact) mass is 261 g/mol. The van der Waals surface area contributed by atoms with Gasteiger partial charge in [-0.05, 0) is 30.4 Å². The summed E-state index contributed by atoms with van der Waals surface area (Å²) in [6.07, 6.45) is 2.17. The van der Waals surface area contributed by atoms with E-state index in [0.717, 1.165) is 37.8 Å². The van der Waals surface area contributed by atoms with E-state index < -0.39 is 0 Å². The lowest BCUT2D eigenvalue weighted by molar-refractivity contribution is 0.111. The lowest BCUT2D eigenvalue weighted by atomic mass is 9.92. The van der Waals surface area contributed by atoms with Gasteiger partial charge in [0.1, 0.15) is 12.4 Å². The molecule has 2 rings (SSSR count). The summed E-state index contributed by atoms with van der Waals surface area (Å²) in [6.45, 7) is 8.51. The molecule has 0 radical (unpaired) electrons. The van der Waals surface area contributed by atoms with Gasteiger partial charge in [0, 0.05) is 19.6 Å². The molecular formula is C16H23NO2. The summed E-state index contributed by atoms with van der Waals surface area (Å²) in [5, 5.41) is 0. The van der Waals surface area contributed by atoms with Crippen molar-refractivity contribution in [3.8, 4) is 5.75 Å². The number of ether oxygens (including phenoxy) is 1. The normalized spacial score (nSPS) is 24.1. The Bertz CT molecular complexity index is 409. The van der Waals surface area contributed by atoms with Crippen molar-refractivity contribution in [1.29, 1.82) is 0 Å². The number of benzene rings is 1. The van der Waals surface area contributed by atoms with Gasteiger partial charge in [0.05, 0.1) is 5.56 Å². The summed E-state index contributed by atoms with van der Waals surface area (Å²) < 4.78 is 5.73. The van der Waals surface area contributed by atoms with E-state index >= 15 is 0 Å². The van der Waals surface area contributed by atoms with Crippen LogP contribution in [-0.4, -0.2) is 37.4 Å². The number of piperidine rings is 1. The molecule has 0 N–H and O–H groups in total. The number of aldehydes is 1. The van der Waals surface area contributed by atoms with Crippen LogP contribution in [0.2, 0.25) is 0 Å². The predicted octanol–water partition coefficient (Wildman–Crippen LogP) is 2.86. The maximum Gasteiger partial charge on any atom is 0.153 e. The molecule has 0 amide bonds. The summed E-state index contributed by atoms with van der Waals surface area (Å²) in [5.41, 5.74) is 0.628. The zero-order chi connectivity index (χ0) is 13.7. The number of hydrogen-bond acceptors (Lipinski definition) is 3. The van der Waals surface area contributed by atoms with E-state index in [0.29, 0.717) is 17.9 Å². The highest BCUT2D eigenvalue weighted by Gasteiger charge is 2.21. The first kappa shape index (κ1) is 14.1. The molecule has 0 bridgehead atoms. The molecule has 2 atom stereocenters. The van der Waals surface area contributed by atoms with E-state index in [-0.39, 0.29) is 0 Å². The summed E-state index contributed by atoms with van der Waals surface area (Å²) in [5.74, 6) is 2.23. The molecule has 1 aliphatic rings. The molecule has 3 heteroatoms. The molecule has 104 valence electrons. The quantitative estimate of drug-likeness (QED) is 0.763. The SMILES string of the molecule is C[C@H]1C[C@H](C)CN(CCOc2ccccc2C=O)C1. The maximum atomic E-state index is 10.9. The lowest BCUT2D eigenvalue weighted by Crippen LogP contribution is -2.40. The third-order valence-corrected chi connectivity index (χ3v) is 3.66. The topological polar surface area (TPSA) is 29.5 Å². The van der Waals surface area contributed by atoms with E-state index in [1.807, 2.05) is 18.2 Å². The Labute approximate surface area is 115 Å². The zero-order valence-corrected chi connectivity index (χ0v) is 11.8. The molecule has 0 spiro atoms. The first-order valence-corrected chi connectivity index (χ1v) is 7.08. The highest BCUT2D eigenvalue weighted by molar-refractivity contribution is 5.79. The molecule has 1 aliphatic heterocycles. The highest BCUT2D eigenvalue weighted by atomic mass is 16.5. The first-order valence-electron chi connectivity index (χ1n) is 7.08. The molecule has 0 saturated carbocycles. The molecule has 0 unspecified atom stereocenters. The van der Waals surface area contributed by atoms with Crippen molar-refractivity contribution in [2.75, 3.05) is 26.2 Å². The molecule has 1 aromatic rings. The number of nitrogens with zero attached hydrogens (tertiary/aromatic N) is 1. The molecule has 1 heterocycles. The van der Waals surface area contributed by atoms with Crippen molar-refractivity contribution in [2.24, 2.45) is 11.8 Å². The fourth-order valence-electron chi connectivity index (χ4n) is 2.97. The Morgan fingerprint density at radius 1 is 1.26 bits per heavy atom. The highest BCUT2D eigenvalue weighted by Crippen LogP contribution is 2.21. The first-order chi connectivity index (χ1) is 9.19. The van der Waals surface area contributed by atoms with Crippen LogP contribution in [0.1, 0.15) is 30.6 Å². The molecule has 1 fully saturated rings. The summed E-state index contributed by atoms with van der Waals surface area (Å²) in [7, 11) is 0. The van der Waals surface area contributed by atoms with E-state index in [9.17, 15) is 4.79 Å². The molecule has 0 aromatic heterocycles. The van der Waals surface area contributed by atoms with E-state index in [4.69, 9.17) is 4.74 Å². The van der Waals surface area contributed by atoms with Crippen molar-refractivity contribution in [3.63, 3.8) is 0 Å². The lowest BCUT2D eigenvalue weighted by Gasteiger charge is -2.34. The summed E-state index contributed by atoms with van der Waals surface area (Å²) in [4.78, 5) is 13.3. The van der Waals surface area contributed by atoms with Crippen LogP contribution in [0.15, 0.2) is 24.3 Å².